The van der Waals surface area contributed by atoms with Crippen LogP contribution in [0.15, 0.2) is 60.9 Å². The van der Waals surface area contributed by atoms with Gasteiger partial charge in [-0.05, 0) is 63.3 Å². The summed E-state index contributed by atoms with van der Waals surface area (Å²) >= 11 is 0. The van der Waals surface area contributed by atoms with Crippen LogP contribution < -0.4 is 10.0 Å². The van der Waals surface area contributed by atoms with Gasteiger partial charge in [-0.15, -0.1) is 0 Å². The number of carbonyl (C=O) groups excluding carboxylic acids is 1. The molecule has 1 aromatic heterocycles. The lowest BCUT2D eigenvalue weighted by atomic mass is 10.0. The number of likely N-dealkylation sites (tertiary alicyclic amines) is 1. The van der Waals surface area contributed by atoms with Crippen LogP contribution in [0.5, 0.6) is 0 Å². The fraction of sp³-hybridized carbons (Fsp3) is 0.483. The zero-order valence-corrected chi connectivity index (χ0v) is 24.5. The maximum Gasteiger partial charge on any atom is 0.408 e. The number of aromatic nitrogens is 3. The maximum atomic E-state index is 12.5. The highest BCUT2D eigenvalue weighted by Gasteiger charge is 2.24. The van der Waals surface area contributed by atoms with Crippen molar-refractivity contribution in [3.8, 4) is 0 Å². The molecular weight excluding hydrogens is 528 g/mol. The van der Waals surface area contributed by atoms with Crippen LogP contribution in [-0.2, 0) is 21.2 Å². The zero-order chi connectivity index (χ0) is 28.8. The Kier molecular flexibility index (Phi) is 9.47. The van der Waals surface area contributed by atoms with Gasteiger partial charge in [0.1, 0.15) is 11.9 Å². The van der Waals surface area contributed by atoms with Gasteiger partial charge in [0.25, 0.3) is 0 Å². The predicted molar refractivity (Wildman–Crippen MR) is 156 cm³/mol. The molecule has 0 aliphatic carbocycles. The molecule has 2 N–H and O–H groups in total. The van der Waals surface area contributed by atoms with E-state index in [1.165, 1.54) is 0 Å². The van der Waals surface area contributed by atoms with E-state index in [0.717, 1.165) is 62.1 Å². The summed E-state index contributed by atoms with van der Waals surface area (Å²) in [7, 11) is -3.30. The number of sulfonamides is 1. The van der Waals surface area contributed by atoms with Crippen LogP contribution in [-0.4, -0.2) is 65.7 Å². The van der Waals surface area contributed by atoms with Gasteiger partial charge < -0.3 is 15.0 Å². The number of hydrogen-bond donors (Lipinski definition) is 2. The van der Waals surface area contributed by atoms with Crippen molar-refractivity contribution in [3.05, 3.63) is 77.9 Å². The van der Waals surface area contributed by atoms with Gasteiger partial charge in [-0.2, -0.15) is 5.10 Å². The molecule has 40 heavy (non-hydrogen) atoms. The van der Waals surface area contributed by atoms with Gasteiger partial charge in [-0.3, -0.25) is 4.72 Å². The second-order valence-corrected chi connectivity index (χ2v) is 13.1. The number of nitrogens with one attached hydrogen (secondary N) is 2. The van der Waals surface area contributed by atoms with Crippen molar-refractivity contribution < 1.29 is 17.9 Å². The van der Waals surface area contributed by atoms with Crippen molar-refractivity contribution in [2.24, 2.45) is 0 Å². The molecule has 2 aromatic carbocycles. The average Bonchev–Trinajstić information content (AvgIpc) is 3.35. The average molecular weight is 569 g/mol. The van der Waals surface area contributed by atoms with Crippen molar-refractivity contribution in [2.75, 3.05) is 30.6 Å². The molecule has 1 saturated heterocycles. The third kappa shape index (κ3) is 9.34. The fourth-order valence-electron chi connectivity index (χ4n) is 4.83. The molecular formula is C29H40N6O4S. The van der Waals surface area contributed by atoms with Gasteiger partial charge in [-0.25, -0.2) is 22.9 Å². The number of rotatable bonds is 10. The van der Waals surface area contributed by atoms with E-state index in [-0.39, 0.29) is 6.04 Å². The summed E-state index contributed by atoms with van der Waals surface area (Å²) in [5.41, 5.74) is 2.07. The smallest absolute Gasteiger partial charge is 0.408 e. The van der Waals surface area contributed by atoms with Gasteiger partial charge in [0.2, 0.25) is 10.0 Å². The quantitative estimate of drug-likeness (QED) is 0.369. The molecule has 1 aliphatic heterocycles. The molecule has 0 unspecified atom stereocenters. The highest BCUT2D eigenvalue weighted by molar-refractivity contribution is 7.92. The Morgan fingerprint density at radius 2 is 1.75 bits per heavy atom. The van der Waals surface area contributed by atoms with Crippen LogP contribution in [0.1, 0.15) is 69.1 Å². The van der Waals surface area contributed by atoms with Crippen molar-refractivity contribution in [1.29, 1.82) is 0 Å². The Morgan fingerprint density at radius 3 is 2.38 bits per heavy atom. The van der Waals surface area contributed by atoms with E-state index in [1.807, 2.05) is 74.2 Å². The maximum absolute atomic E-state index is 12.5. The van der Waals surface area contributed by atoms with E-state index in [1.54, 1.807) is 12.1 Å². The monoisotopic (exact) mass is 568 g/mol. The number of amides is 1. The highest BCUT2D eigenvalue weighted by atomic mass is 32.2. The molecule has 10 nitrogen and oxygen atoms in total. The fourth-order valence-corrected chi connectivity index (χ4v) is 5.40. The van der Waals surface area contributed by atoms with Crippen LogP contribution in [0.3, 0.4) is 0 Å². The van der Waals surface area contributed by atoms with Crippen LogP contribution in [0, 0.1) is 0 Å². The van der Waals surface area contributed by atoms with Crippen LogP contribution in [0.4, 0.5) is 10.5 Å². The number of hydrogen-bond acceptors (Lipinski definition) is 7. The van der Waals surface area contributed by atoms with Crippen LogP contribution in [0.2, 0.25) is 0 Å². The van der Waals surface area contributed by atoms with Crippen LogP contribution >= 0.6 is 0 Å². The minimum atomic E-state index is -3.30. The second-order valence-electron chi connectivity index (χ2n) is 11.4. The normalized spacial score (nSPS) is 15.9. The lowest BCUT2D eigenvalue weighted by molar-refractivity contribution is 0.0496. The number of anilines is 1. The first-order chi connectivity index (χ1) is 18.9. The lowest BCUT2D eigenvalue weighted by Gasteiger charge is -2.33. The summed E-state index contributed by atoms with van der Waals surface area (Å²) in [4.78, 5) is 19.4. The number of carbonyl (C=O) groups is 1. The van der Waals surface area contributed by atoms with Gasteiger partial charge in [0.15, 0.2) is 5.82 Å². The number of piperidine rings is 1. The molecule has 0 radical (unpaired) electrons. The molecule has 0 saturated carbocycles. The Hall–Kier alpha value is -3.44. The standard InChI is InChI=1S/C29H40N6O4S/c1-29(2,3)39-28(36)31-26(23-8-6-5-7-9-23)16-19-34-17-14-25(15-18-34)35-21-30-27(32-35)20-22-10-12-24(13-11-22)33-40(4,37)38/h5-13,21,25-26,33H,14-20H2,1-4H3,(H,31,36)/t26-/m0/s1. The topological polar surface area (TPSA) is 118 Å². The third-order valence-electron chi connectivity index (χ3n) is 6.73. The summed E-state index contributed by atoms with van der Waals surface area (Å²) < 4.78 is 32.7. The molecule has 1 aliphatic rings. The first-order valence-corrected chi connectivity index (χ1v) is 15.6. The zero-order valence-electron chi connectivity index (χ0n) is 23.7. The van der Waals surface area contributed by atoms with E-state index >= 15 is 0 Å². The summed E-state index contributed by atoms with van der Waals surface area (Å²) in [5.74, 6) is 0.741. The van der Waals surface area contributed by atoms with Crippen molar-refractivity contribution >= 4 is 21.8 Å². The number of alkyl carbamates (subject to hydrolysis) is 1. The molecule has 3 aromatic rings. The third-order valence-corrected chi connectivity index (χ3v) is 7.34. The predicted octanol–water partition coefficient (Wildman–Crippen LogP) is 4.53. The van der Waals surface area contributed by atoms with E-state index in [0.29, 0.717) is 18.2 Å². The number of ether oxygens (including phenoxy) is 1. The molecule has 1 atom stereocenters. The Morgan fingerprint density at radius 1 is 1.07 bits per heavy atom. The van der Waals surface area contributed by atoms with Crippen molar-refractivity contribution in [2.45, 2.75) is 64.1 Å². The Bertz CT molecular complexity index is 1350. The molecule has 0 bridgehead atoms. The van der Waals surface area contributed by atoms with E-state index in [9.17, 15) is 13.2 Å². The molecule has 2 heterocycles. The largest absolute Gasteiger partial charge is 0.444 e. The molecule has 216 valence electrons. The lowest BCUT2D eigenvalue weighted by Crippen LogP contribution is -2.39. The first-order valence-electron chi connectivity index (χ1n) is 13.7. The molecule has 11 heteroatoms. The summed E-state index contributed by atoms with van der Waals surface area (Å²) in [6, 6.07) is 17.5. The summed E-state index contributed by atoms with van der Waals surface area (Å²) in [6.45, 7) is 8.36. The summed E-state index contributed by atoms with van der Waals surface area (Å²) in [5, 5.41) is 7.79. The molecule has 4 rings (SSSR count). The van der Waals surface area contributed by atoms with E-state index in [2.05, 4.69) is 19.9 Å². The molecule has 0 spiro atoms. The van der Waals surface area contributed by atoms with E-state index < -0.39 is 21.7 Å². The SMILES string of the molecule is CC(C)(C)OC(=O)N[C@@H](CCN1CCC(n2cnc(Cc3ccc(NS(C)(=O)=O)cc3)n2)CC1)c1ccccc1. The second kappa shape index (κ2) is 12.8. The van der Waals surface area contributed by atoms with Gasteiger partial charge in [-0.1, -0.05) is 42.5 Å². The van der Waals surface area contributed by atoms with Gasteiger partial charge >= 0.3 is 6.09 Å². The van der Waals surface area contributed by atoms with Gasteiger partial charge in [0, 0.05) is 31.7 Å². The van der Waals surface area contributed by atoms with Gasteiger partial charge in [0.05, 0.1) is 18.3 Å². The van der Waals surface area contributed by atoms with Crippen LogP contribution in [0.25, 0.3) is 0 Å². The minimum Gasteiger partial charge on any atom is -0.444 e. The minimum absolute atomic E-state index is 0.122. The number of nitrogens with zero attached hydrogens (tertiary/aromatic N) is 4. The molecule has 1 fully saturated rings. The first kappa shape index (κ1) is 29.5. The number of benzene rings is 2. The Balaban J connectivity index is 1.27. The molecule has 1 amide bonds. The van der Waals surface area contributed by atoms with Crippen molar-refractivity contribution in [3.63, 3.8) is 0 Å². The Labute approximate surface area is 237 Å². The van der Waals surface area contributed by atoms with Crippen molar-refractivity contribution in [1.82, 2.24) is 25.0 Å². The summed E-state index contributed by atoms with van der Waals surface area (Å²) in [6.07, 6.45) is 5.87. The highest BCUT2D eigenvalue weighted by Crippen LogP contribution is 2.24. The van der Waals surface area contributed by atoms with E-state index in [4.69, 9.17) is 9.84 Å².